The van der Waals surface area contributed by atoms with E-state index >= 15 is 0 Å². The molecule has 2 heterocycles. The highest BCUT2D eigenvalue weighted by molar-refractivity contribution is 6.11. The number of hydrogen-bond donors (Lipinski definition) is 4. The topological polar surface area (TPSA) is 89.0 Å². The minimum atomic E-state index is 0.304. The van der Waals surface area contributed by atoms with Crippen molar-refractivity contribution in [3.8, 4) is 0 Å². The molecule has 128 valence electrons. The third-order valence-electron chi connectivity index (χ3n) is 4.16. The van der Waals surface area contributed by atoms with Crippen LogP contribution in [0.2, 0.25) is 0 Å². The number of ether oxygens (including phenoxy) is 1. The van der Waals surface area contributed by atoms with E-state index in [1.54, 1.807) is 6.20 Å². The number of aromatic nitrogens is 2. The number of nitrogens with one attached hydrogen (secondary N) is 4. The predicted molar refractivity (Wildman–Crippen MR) is 96.3 cm³/mol. The van der Waals surface area contributed by atoms with Gasteiger partial charge >= 0.3 is 0 Å². The maximum absolute atomic E-state index is 8.44. The smallest absolute Gasteiger partial charge is 0.152 e. The maximum Gasteiger partial charge on any atom is 0.152 e. The monoisotopic (exact) mass is 327 g/mol. The maximum atomic E-state index is 8.44. The molecule has 1 saturated carbocycles. The molecule has 6 nitrogen and oxygen atoms in total. The Kier molecular flexibility index (Phi) is 5.61. The van der Waals surface area contributed by atoms with Gasteiger partial charge in [-0.05, 0) is 49.1 Å². The van der Waals surface area contributed by atoms with Gasteiger partial charge in [0.1, 0.15) is 0 Å². The second-order valence-electron chi connectivity index (χ2n) is 6.24. The van der Waals surface area contributed by atoms with Crippen LogP contribution >= 0.6 is 0 Å². The fourth-order valence-corrected chi connectivity index (χ4v) is 2.63. The summed E-state index contributed by atoms with van der Waals surface area (Å²) < 4.78 is 5.59. The summed E-state index contributed by atoms with van der Waals surface area (Å²) in [6, 6.07) is 3.82. The highest BCUT2D eigenvalue weighted by atomic mass is 16.5. The molecule has 2 aliphatic rings. The van der Waals surface area contributed by atoms with E-state index < -0.39 is 0 Å². The van der Waals surface area contributed by atoms with Crippen LogP contribution in [0, 0.1) is 18.3 Å². The Balaban J connectivity index is 1.87. The first-order chi connectivity index (χ1) is 11.7. The third-order valence-corrected chi connectivity index (χ3v) is 4.16. The van der Waals surface area contributed by atoms with Crippen molar-refractivity contribution in [2.75, 3.05) is 26.3 Å². The van der Waals surface area contributed by atoms with E-state index in [4.69, 9.17) is 10.1 Å². The molecule has 3 rings (SSSR count). The van der Waals surface area contributed by atoms with Gasteiger partial charge in [-0.3, -0.25) is 5.41 Å². The van der Waals surface area contributed by atoms with Crippen molar-refractivity contribution in [3.05, 3.63) is 47.3 Å². The Labute approximate surface area is 142 Å². The molecule has 0 bridgehead atoms. The van der Waals surface area contributed by atoms with Crippen molar-refractivity contribution in [3.63, 3.8) is 0 Å². The normalized spacial score (nSPS) is 20.5. The van der Waals surface area contributed by atoms with Gasteiger partial charge in [0, 0.05) is 42.7 Å². The highest BCUT2D eigenvalue weighted by Gasteiger charge is 2.27. The number of nitrogens with zero attached hydrogens (tertiary/aromatic N) is 1. The first kappa shape index (κ1) is 16.7. The summed E-state index contributed by atoms with van der Waals surface area (Å²) in [4.78, 5) is 4.66. The lowest BCUT2D eigenvalue weighted by molar-refractivity contribution is 0.169. The molecule has 1 aliphatic carbocycles. The van der Waals surface area contributed by atoms with Crippen molar-refractivity contribution < 1.29 is 4.74 Å². The first-order valence-corrected chi connectivity index (χ1v) is 8.44. The molecule has 4 N–H and O–H groups in total. The predicted octanol–water partition coefficient (Wildman–Crippen LogP) is 2.50. The number of aromatic amines is 2. The van der Waals surface area contributed by atoms with Gasteiger partial charge in [0.2, 0.25) is 0 Å². The van der Waals surface area contributed by atoms with Crippen LogP contribution in [0.5, 0.6) is 0 Å². The second-order valence-corrected chi connectivity index (χ2v) is 6.24. The molecule has 0 unspecified atom stereocenters. The third kappa shape index (κ3) is 4.66. The Morgan fingerprint density at radius 1 is 1.29 bits per heavy atom. The Morgan fingerprint density at radius 3 is 2.88 bits per heavy atom. The van der Waals surface area contributed by atoms with E-state index in [1.165, 1.54) is 5.57 Å². The van der Waals surface area contributed by atoms with Crippen molar-refractivity contribution in [1.82, 2.24) is 15.5 Å². The molecule has 1 saturated heterocycles. The van der Waals surface area contributed by atoms with Gasteiger partial charge in [-0.25, -0.2) is 4.99 Å². The van der Waals surface area contributed by atoms with E-state index in [-0.39, 0.29) is 0 Å². The van der Waals surface area contributed by atoms with Gasteiger partial charge < -0.3 is 20.3 Å². The van der Waals surface area contributed by atoms with Gasteiger partial charge in [0.25, 0.3) is 0 Å². The first-order valence-electron chi connectivity index (χ1n) is 8.44. The molecule has 6 heteroatoms. The van der Waals surface area contributed by atoms with Crippen molar-refractivity contribution >= 4 is 11.5 Å². The van der Waals surface area contributed by atoms with Gasteiger partial charge in [0.15, 0.2) is 5.84 Å². The number of hydrogen-bond acceptors (Lipinski definition) is 3. The highest BCUT2D eigenvalue weighted by Crippen LogP contribution is 2.32. The average Bonchev–Trinajstić information content (AvgIpc) is 3.37. The van der Waals surface area contributed by atoms with Crippen LogP contribution < -0.4 is 5.32 Å². The lowest BCUT2D eigenvalue weighted by Crippen LogP contribution is -2.18. The summed E-state index contributed by atoms with van der Waals surface area (Å²) in [6.07, 6.45) is 8.04. The molecular formula is C18H25N5O. The van der Waals surface area contributed by atoms with Crippen molar-refractivity contribution in [2.24, 2.45) is 10.9 Å². The van der Waals surface area contributed by atoms with Gasteiger partial charge in [0.05, 0.1) is 13.2 Å². The summed E-state index contributed by atoms with van der Waals surface area (Å²) in [5.41, 5.74) is 4.05. The molecule has 1 aromatic heterocycles. The molecule has 0 spiro atoms. The minimum absolute atomic E-state index is 0.304. The summed E-state index contributed by atoms with van der Waals surface area (Å²) in [7, 11) is 0. The number of aliphatic imine (C=N–C) groups is 1. The zero-order valence-electron chi connectivity index (χ0n) is 14.1. The SMILES string of the molecule is Cc1cc[nH][nH]ccc1C(=N)/N=C(\C=C1/CNCCOC1)C1CC1. The molecule has 0 aromatic carbocycles. The summed E-state index contributed by atoms with van der Waals surface area (Å²) >= 11 is 0. The Bertz CT molecular complexity index is 682. The zero-order chi connectivity index (χ0) is 16.8. The van der Waals surface area contributed by atoms with Crippen LogP contribution in [0.4, 0.5) is 0 Å². The van der Waals surface area contributed by atoms with E-state index in [0.29, 0.717) is 18.4 Å². The number of allylic oxidation sites excluding steroid dienone is 1. The quantitative estimate of drug-likeness (QED) is 0.507. The van der Waals surface area contributed by atoms with E-state index in [1.807, 2.05) is 25.3 Å². The molecule has 0 atom stereocenters. The van der Waals surface area contributed by atoms with Gasteiger partial charge in [-0.2, -0.15) is 0 Å². The summed E-state index contributed by atoms with van der Waals surface area (Å²) in [5, 5.41) is 17.6. The van der Waals surface area contributed by atoms with Crippen LogP contribution in [0.1, 0.15) is 24.0 Å². The summed E-state index contributed by atoms with van der Waals surface area (Å²) in [6.45, 7) is 5.09. The van der Waals surface area contributed by atoms with Crippen LogP contribution in [-0.2, 0) is 4.74 Å². The molecule has 1 aliphatic heterocycles. The largest absolute Gasteiger partial charge is 0.376 e. The van der Waals surface area contributed by atoms with Crippen molar-refractivity contribution in [1.29, 1.82) is 5.41 Å². The Morgan fingerprint density at radius 2 is 2.08 bits per heavy atom. The lowest BCUT2D eigenvalue weighted by atomic mass is 10.1. The summed E-state index contributed by atoms with van der Waals surface area (Å²) in [5.74, 6) is 0.785. The number of rotatable bonds is 3. The average molecular weight is 327 g/mol. The zero-order valence-corrected chi connectivity index (χ0v) is 14.1. The molecular weight excluding hydrogens is 302 g/mol. The number of amidine groups is 1. The molecule has 2 fully saturated rings. The molecule has 24 heavy (non-hydrogen) atoms. The van der Waals surface area contributed by atoms with E-state index in [0.717, 1.165) is 49.4 Å². The van der Waals surface area contributed by atoms with E-state index in [2.05, 4.69) is 26.6 Å². The van der Waals surface area contributed by atoms with Crippen LogP contribution in [0.3, 0.4) is 0 Å². The lowest BCUT2D eigenvalue weighted by Gasteiger charge is -2.07. The van der Waals surface area contributed by atoms with E-state index in [9.17, 15) is 0 Å². The van der Waals surface area contributed by atoms with Gasteiger partial charge in [-0.1, -0.05) is 0 Å². The van der Waals surface area contributed by atoms with Gasteiger partial charge in [-0.15, -0.1) is 0 Å². The fourth-order valence-electron chi connectivity index (χ4n) is 2.63. The van der Waals surface area contributed by atoms with Crippen LogP contribution in [0.25, 0.3) is 0 Å². The fraction of sp³-hybridized carbons (Fsp3) is 0.444. The molecule has 0 radical (unpaired) electrons. The van der Waals surface area contributed by atoms with Crippen molar-refractivity contribution in [2.45, 2.75) is 19.8 Å². The van der Waals surface area contributed by atoms with Crippen LogP contribution in [0.15, 0.2) is 41.2 Å². The molecule has 0 amide bonds. The second kappa shape index (κ2) is 8.08. The number of H-pyrrole nitrogens is 2. The Hall–Kier alpha value is -2.18. The van der Waals surface area contributed by atoms with Crippen LogP contribution in [-0.4, -0.2) is 48.0 Å². The molecule has 1 aromatic rings. The minimum Gasteiger partial charge on any atom is -0.376 e. The standard InChI is InChI=1S/C18H25N5O/c1-13-4-6-21-22-7-5-16(13)18(19)23-17(15-2-3-15)10-14-11-20-8-9-24-12-14/h4-7,10,15,19-22H,2-3,8-9,11-12H2,1H3/b6-4?,7-5?,14-10+,16-13?,19-18?,23-17+. The number of aryl methyl sites for hydroxylation is 1.